The fraction of sp³-hybridized carbons (Fsp3) is 0.440. The SMILES string of the molecule is Cc1cc(NC(=O)C2(C3CCC3)CC(=O)N(c3c(C)cccc3C)C2)cc(C(F)(F)F)c1. The monoisotopic (exact) mass is 444 g/mol. The van der Waals surface area contributed by atoms with Crippen LogP contribution in [-0.4, -0.2) is 18.4 Å². The number of hydrogen-bond donors (Lipinski definition) is 1. The Morgan fingerprint density at radius 2 is 1.75 bits per heavy atom. The normalized spacial score (nSPS) is 21.6. The van der Waals surface area contributed by atoms with Gasteiger partial charge in [0.25, 0.3) is 0 Å². The first-order valence-electron chi connectivity index (χ1n) is 10.9. The molecule has 1 aliphatic carbocycles. The average Bonchev–Trinajstić information content (AvgIpc) is 2.97. The zero-order valence-electron chi connectivity index (χ0n) is 18.5. The highest BCUT2D eigenvalue weighted by Crippen LogP contribution is 2.50. The molecule has 0 bridgehead atoms. The lowest BCUT2D eigenvalue weighted by atomic mass is 9.64. The van der Waals surface area contributed by atoms with E-state index in [1.807, 2.05) is 32.0 Å². The van der Waals surface area contributed by atoms with Crippen molar-refractivity contribution in [2.75, 3.05) is 16.8 Å². The quantitative estimate of drug-likeness (QED) is 0.649. The molecule has 2 amide bonds. The number of carbonyl (C=O) groups excluding carboxylic acids is 2. The van der Waals surface area contributed by atoms with Crippen LogP contribution in [0, 0.1) is 32.1 Å². The highest BCUT2D eigenvalue weighted by Gasteiger charge is 2.55. The minimum absolute atomic E-state index is 0.0349. The highest BCUT2D eigenvalue weighted by molar-refractivity contribution is 6.06. The van der Waals surface area contributed by atoms with Gasteiger partial charge in [0.05, 0.1) is 11.0 Å². The van der Waals surface area contributed by atoms with Crippen molar-refractivity contribution in [3.05, 3.63) is 58.7 Å². The molecule has 2 aliphatic rings. The van der Waals surface area contributed by atoms with Crippen molar-refractivity contribution in [1.29, 1.82) is 0 Å². The number of hydrogen-bond acceptors (Lipinski definition) is 2. The molecule has 32 heavy (non-hydrogen) atoms. The van der Waals surface area contributed by atoms with E-state index >= 15 is 0 Å². The van der Waals surface area contributed by atoms with Crippen LogP contribution < -0.4 is 10.2 Å². The smallest absolute Gasteiger partial charge is 0.326 e. The van der Waals surface area contributed by atoms with E-state index in [1.54, 1.807) is 11.8 Å². The summed E-state index contributed by atoms with van der Waals surface area (Å²) in [6.07, 6.45) is -1.78. The number of carbonyl (C=O) groups is 2. The molecule has 2 aromatic carbocycles. The summed E-state index contributed by atoms with van der Waals surface area (Å²) in [5.41, 5.74) is 1.50. The lowest BCUT2D eigenvalue weighted by molar-refractivity contribution is -0.137. The second kappa shape index (κ2) is 7.94. The second-order valence-corrected chi connectivity index (χ2v) is 9.22. The van der Waals surface area contributed by atoms with Crippen LogP contribution in [0.25, 0.3) is 0 Å². The summed E-state index contributed by atoms with van der Waals surface area (Å²) < 4.78 is 39.8. The summed E-state index contributed by atoms with van der Waals surface area (Å²) in [5.74, 6) is -0.458. The lowest BCUT2D eigenvalue weighted by Crippen LogP contribution is -2.47. The first-order chi connectivity index (χ1) is 15.0. The Hall–Kier alpha value is -2.83. The van der Waals surface area contributed by atoms with Gasteiger partial charge < -0.3 is 10.2 Å². The standard InChI is InChI=1S/C25H27F3N2O2/c1-15-10-19(25(26,27)28)12-20(11-15)29-23(32)24(18-8-5-9-18)13-21(31)30(14-24)22-16(2)6-4-7-17(22)3/h4,6-7,10-12,18H,5,8-9,13-14H2,1-3H3,(H,29,32). The van der Waals surface area contributed by atoms with Crippen molar-refractivity contribution in [2.24, 2.45) is 11.3 Å². The van der Waals surface area contributed by atoms with Crippen LogP contribution in [-0.2, 0) is 15.8 Å². The molecule has 0 aromatic heterocycles. The van der Waals surface area contributed by atoms with Gasteiger partial charge in [-0.15, -0.1) is 0 Å². The Kier molecular flexibility index (Phi) is 5.55. The molecule has 1 atom stereocenters. The molecule has 0 radical (unpaired) electrons. The van der Waals surface area contributed by atoms with Gasteiger partial charge in [0.2, 0.25) is 11.8 Å². The Morgan fingerprint density at radius 1 is 1.09 bits per heavy atom. The molecule has 4 nitrogen and oxygen atoms in total. The number of alkyl halides is 3. The maximum Gasteiger partial charge on any atom is 0.416 e. The number of para-hydroxylation sites is 1. The number of rotatable bonds is 4. The summed E-state index contributed by atoms with van der Waals surface area (Å²) in [5, 5.41) is 2.73. The van der Waals surface area contributed by atoms with Crippen LogP contribution in [0.15, 0.2) is 36.4 Å². The number of anilines is 2. The van der Waals surface area contributed by atoms with Gasteiger partial charge in [-0.2, -0.15) is 13.2 Å². The summed E-state index contributed by atoms with van der Waals surface area (Å²) in [6, 6.07) is 9.34. The molecule has 2 fully saturated rings. The lowest BCUT2D eigenvalue weighted by Gasteiger charge is -2.41. The van der Waals surface area contributed by atoms with Crippen molar-refractivity contribution < 1.29 is 22.8 Å². The van der Waals surface area contributed by atoms with E-state index in [0.29, 0.717) is 5.56 Å². The van der Waals surface area contributed by atoms with Gasteiger partial charge in [-0.05, 0) is 74.4 Å². The van der Waals surface area contributed by atoms with E-state index in [0.717, 1.165) is 48.2 Å². The predicted molar refractivity (Wildman–Crippen MR) is 117 cm³/mol. The van der Waals surface area contributed by atoms with Crippen molar-refractivity contribution in [3.63, 3.8) is 0 Å². The molecule has 7 heteroatoms. The van der Waals surface area contributed by atoms with Gasteiger partial charge in [0.15, 0.2) is 0 Å². The van der Waals surface area contributed by atoms with E-state index in [9.17, 15) is 22.8 Å². The van der Waals surface area contributed by atoms with E-state index in [4.69, 9.17) is 0 Å². The molecule has 1 aliphatic heterocycles. The van der Waals surface area contributed by atoms with Gasteiger partial charge in [0, 0.05) is 24.3 Å². The fourth-order valence-electron chi connectivity index (χ4n) is 5.07. The van der Waals surface area contributed by atoms with E-state index in [-0.39, 0.29) is 36.4 Å². The minimum atomic E-state index is -4.50. The predicted octanol–water partition coefficient (Wildman–Crippen LogP) is 5.79. The van der Waals surface area contributed by atoms with Gasteiger partial charge in [-0.25, -0.2) is 0 Å². The van der Waals surface area contributed by atoms with Crippen LogP contribution in [0.1, 0.15) is 47.9 Å². The molecule has 1 saturated heterocycles. The number of halogens is 3. The molecule has 0 spiro atoms. The second-order valence-electron chi connectivity index (χ2n) is 9.22. The third-order valence-corrected chi connectivity index (χ3v) is 6.92. The number of aryl methyl sites for hydroxylation is 3. The molecule has 1 heterocycles. The van der Waals surface area contributed by atoms with Crippen LogP contribution >= 0.6 is 0 Å². The van der Waals surface area contributed by atoms with E-state index in [1.165, 1.54) is 6.07 Å². The first kappa shape index (κ1) is 22.4. The zero-order valence-corrected chi connectivity index (χ0v) is 18.5. The number of nitrogens with zero attached hydrogens (tertiary/aromatic N) is 1. The molecule has 1 unspecified atom stereocenters. The third kappa shape index (κ3) is 3.89. The first-order valence-corrected chi connectivity index (χ1v) is 10.9. The maximum atomic E-state index is 13.6. The van der Waals surface area contributed by atoms with Gasteiger partial charge >= 0.3 is 6.18 Å². The van der Waals surface area contributed by atoms with Crippen LogP contribution in [0.2, 0.25) is 0 Å². The maximum absolute atomic E-state index is 13.6. The number of nitrogens with one attached hydrogen (secondary N) is 1. The minimum Gasteiger partial charge on any atom is -0.326 e. The fourth-order valence-corrected chi connectivity index (χ4v) is 5.07. The number of amides is 2. The van der Waals surface area contributed by atoms with Crippen molar-refractivity contribution in [1.82, 2.24) is 0 Å². The Morgan fingerprint density at radius 3 is 2.31 bits per heavy atom. The van der Waals surface area contributed by atoms with Crippen molar-refractivity contribution in [2.45, 2.75) is 52.6 Å². The Labute approximate surface area is 185 Å². The van der Waals surface area contributed by atoms with Crippen molar-refractivity contribution in [3.8, 4) is 0 Å². The molecule has 2 aromatic rings. The van der Waals surface area contributed by atoms with Crippen LogP contribution in [0.5, 0.6) is 0 Å². The van der Waals surface area contributed by atoms with Crippen molar-refractivity contribution >= 4 is 23.2 Å². The summed E-state index contributed by atoms with van der Waals surface area (Å²) in [4.78, 5) is 28.4. The highest BCUT2D eigenvalue weighted by atomic mass is 19.4. The molecule has 4 rings (SSSR count). The van der Waals surface area contributed by atoms with E-state index in [2.05, 4.69) is 5.32 Å². The Balaban J connectivity index is 1.67. The summed E-state index contributed by atoms with van der Waals surface area (Å²) in [7, 11) is 0. The van der Waals surface area contributed by atoms with Crippen LogP contribution in [0.3, 0.4) is 0 Å². The van der Waals surface area contributed by atoms with Gasteiger partial charge in [-0.3, -0.25) is 9.59 Å². The zero-order chi connectivity index (χ0) is 23.3. The molecule has 1 saturated carbocycles. The van der Waals surface area contributed by atoms with Crippen LogP contribution in [0.4, 0.5) is 24.5 Å². The molecule has 170 valence electrons. The Bertz CT molecular complexity index is 1060. The van der Waals surface area contributed by atoms with E-state index < -0.39 is 17.2 Å². The topological polar surface area (TPSA) is 49.4 Å². The van der Waals surface area contributed by atoms with Gasteiger partial charge in [0.1, 0.15) is 0 Å². The largest absolute Gasteiger partial charge is 0.416 e. The number of benzene rings is 2. The third-order valence-electron chi connectivity index (χ3n) is 6.92. The molecule has 1 N–H and O–H groups in total. The molecular weight excluding hydrogens is 417 g/mol. The average molecular weight is 444 g/mol. The summed E-state index contributed by atoms with van der Waals surface area (Å²) >= 11 is 0. The summed E-state index contributed by atoms with van der Waals surface area (Å²) in [6.45, 7) is 5.68. The molecular formula is C25H27F3N2O2. The van der Waals surface area contributed by atoms with Gasteiger partial charge in [-0.1, -0.05) is 24.6 Å².